The lowest BCUT2D eigenvalue weighted by Gasteiger charge is -2.28. The first kappa shape index (κ1) is 18.9. The van der Waals surface area contributed by atoms with Gasteiger partial charge >= 0.3 is 0 Å². The number of hydrogen-bond acceptors (Lipinski definition) is 1. The number of anilines is 1. The maximum Gasteiger partial charge on any atom is 0.182 e. The maximum atomic E-state index is 13.9. The van der Waals surface area contributed by atoms with E-state index >= 15 is 0 Å². The van der Waals surface area contributed by atoms with Crippen molar-refractivity contribution in [3.8, 4) is 0 Å². The molecule has 1 rings (SSSR count). The third-order valence-corrected chi connectivity index (χ3v) is 4.53. The second-order valence-electron chi connectivity index (χ2n) is 6.36. The minimum absolute atomic E-state index is 0.384. The van der Waals surface area contributed by atoms with E-state index in [1.807, 2.05) is 11.8 Å². The Morgan fingerprint density at radius 1 is 1.05 bits per heavy atom. The van der Waals surface area contributed by atoms with Crippen LogP contribution in [0.1, 0.15) is 59.8 Å². The summed E-state index contributed by atoms with van der Waals surface area (Å²) in [6.45, 7) is 10.2. The van der Waals surface area contributed by atoms with E-state index in [2.05, 4.69) is 20.8 Å². The first-order chi connectivity index (χ1) is 10.5. The minimum atomic E-state index is -0.766. The van der Waals surface area contributed by atoms with Gasteiger partial charge in [-0.2, -0.15) is 0 Å². The van der Waals surface area contributed by atoms with Gasteiger partial charge in [0.25, 0.3) is 0 Å². The van der Waals surface area contributed by atoms with Crippen LogP contribution in [-0.4, -0.2) is 13.1 Å². The highest BCUT2D eigenvalue weighted by atomic mass is 19.2. The molecule has 2 atom stereocenters. The second-order valence-corrected chi connectivity index (χ2v) is 6.36. The van der Waals surface area contributed by atoms with Crippen LogP contribution in [0.15, 0.2) is 18.2 Å². The van der Waals surface area contributed by atoms with E-state index in [1.54, 1.807) is 12.1 Å². The predicted octanol–water partition coefficient (Wildman–Crippen LogP) is 6.03. The highest BCUT2D eigenvalue weighted by molar-refractivity contribution is 5.48. The summed E-state index contributed by atoms with van der Waals surface area (Å²) in [5.74, 6) is -0.214. The molecule has 22 heavy (non-hydrogen) atoms. The standard InChI is InChI=1S/C19H31F2N/c1-5-9-16(6-2)13-12-15(4)14-22(7-3)18-11-8-10-17(20)19(18)21/h8,10-11,15-16H,5-7,9,12-14H2,1-4H3. The van der Waals surface area contributed by atoms with Crippen molar-refractivity contribution < 1.29 is 8.78 Å². The molecule has 0 radical (unpaired) electrons. The van der Waals surface area contributed by atoms with E-state index in [0.29, 0.717) is 18.2 Å². The van der Waals surface area contributed by atoms with E-state index in [0.717, 1.165) is 18.9 Å². The molecular formula is C19H31F2N. The Morgan fingerprint density at radius 2 is 1.77 bits per heavy atom. The van der Waals surface area contributed by atoms with Gasteiger partial charge in [-0.1, -0.05) is 52.5 Å². The zero-order chi connectivity index (χ0) is 16.5. The van der Waals surface area contributed by atoms with Crippen molar-refractivity contribution in [1.82, 2.24) is 0 Å². The average Bonchev–Trinajstić information content (AvgIpc) is 2.52. The van der Waals surface area contributed by atoms with Crippen molar-refractivity contribution in [2.45, 2.75) is 59.8 Å². The molecule has 1 aromatic carbocycles. The van der Waals surface area contributed by atoms with Gasteiger partial charge in [0.15, 0.2) is 11.6 Å². The lowest BCUT2D eigenvalue weighted by atomic mass is 9.91. The number of nitrogens with zero attached hydrogens (tertiary/aromatic N) is 1. The molecule has 3 heteroatoms. The van der Waals surface area contributed by atoms with E-state index < -0.39 is 11.6 Å². The molecule has 0 fully saturated rings. The topological polar surface area (TPSA) is 3.24 Å². The van der Waals surface area contributed by atoms with Crippen molar-refractivity contribution in [1.29, 1.82) is 0 Å². The van der Waals surface area contributed by atoms with Crippen LogP contribution in [0.4, 0.5) is 14.5 Å². The molecule has 0 N–H and O–H groups in total. The molecule has 1 aromatic rings. The molecule has 0 aliphatic rings. The summed E-state index contributed by atoms with van der Waals surface area (Å²) in [6.07, 6.45) is 6.14. The van der Waals surface area contributed by atoms with E-state index in [-0.39, 0.29) is 0 Å². The number of halogens is 2. The SMILES string of the molecule is CCCC(CC)CCC(C)CN(CC)c1cccc(F)c1F. The van der Waals surface area contributed by atoms with Crippen LogP contribution < -0.4 is 4.90 Å². The lowest BCUT2D eigenvalue weighted by molar-refractivity contribution is 0.376. The van der Waals surface area contributed by atoms with Crippen LogP contribution in [0, 0.1) is 23.5 Å². The van der Waals surface area contributed by atoms with Gasteiger partial charge in [-0.25, -0.2) is 8.78 Å². The van der Waals surface area contributed by atoms with E-state index in [1.165, 1.54) is 31.7 Å². The van der Waals surface area contributed by atoms with Crippen LogP contribution >= 0.6 is 0 Å². The summed E-state index contributed by atoms with van der Waals surface area (Å²) < 4.78 is 27.3. The molecule has 0 saturated heterocycles. The van der Waals surface area contributed by atoms with Crippen molar-refractivity contribution in [2.75, 3.05) is 18.0 Å². The summed E-state index contributed by atoms with van der Waals surface area (Å²) in [5, 5.41) is 0. The van der Waals surface area contributed by atoms with Crippen LogP contribution in [0.3, 0.4) is 0 Å². The molecule has 0 saturated carbocycles. The fraction of sp³-hybridized carbons (Fsp3) is 0.684. The highest BCUT2D eigenvalue weighted by Crippen LogP contribution is 2.25. The summed E-state index contributed by atoms with van der Waals surface area (Å²) in [4.78, 5) is 1.95. The zero-order valence-electron chi connectivity index (χ0n) is 14.5. The Bertz CT molecular complexity index is 433. The molecule has 0 aromatic heterocycles. The number of rotatable bonds is 10. The summed E-state index contributed by atoms with van der Waals surface area (Å²) in [6, 6.07) is 4.42. The third-order valence-electron chi connectivity index (χ3n) is 4.53. The Hall–Kier alpha value is -1.12. The minimum Gasteiger partial charge on any atom is -0.369 e. The monoisotopic (exact) mass is 311 g/mol. The number of benzene rings is 1. The third kappa shape index (κ3) is 5.58. The largest absolute Gasteiger partial charge is 0.369 e. The molecule has 0 amide bonds. The summed E-state index contributed by atoms with van der Waals surface area (Å²) >= 11 is 0. The predicted molar refractivity (Wildman–Crippen MR) is 91.3 cm³/mol. The van der Waals surface area contributed by atoms with Gasteiger partial charge in [-0.3, -0.25) is 0 Å². The van der Waals surface area contributed by atoms with Gasteiger partial charge in [0.05, 0.1) is 5.69 Å². The Morgan fingerprint density at radius 3 is 2.36 bits per heavy atom. The van der Waals surface area contributed by atoms with Crippen LogP contribution in [0.5, 0.6) is 0 Å². The molecule has 0 aliphatic heterocycles. The first-order valence-corrected chi connectivity index (χ1v) is 8.72. The van der Waals surface area contributed by atoms with Crippen molar-refractivity contribution in [3.05, 3.63) is 29.8 Å². The molecule has 2 unspecified atom stereocenters. The van der Waals surface area contributed by atoms with E-state index in [4.69, 9.17) is 0 Å². The van der Waals surface area contributed by atoms with Crippen LogP contribution in [0.2, 0.25) is 0 Å². The molecular weight excluding hydrogens is 280 g/mol. The van der Waals surface area contributed by atoms with Crippen LogP contribution in [-0.2, 0) is 0 Å². The van der Waals surface area contributed by atoms with Gasteiger partial charge in [-0.05, 0) is 37.3 Å². The number of hydrogen-bond donors (Lipinski definition) is 0. The van der Waals surface area contributed by atoms with Gasteiger partial charge < -0.3 is 4.90 Å². The molecule has 0 heterocycles. The summed E-state index contributed by atoms with van der Waals surface area (Å²) in [7, 11) is 0. The van der Waals surface area contributed by atoms with Gasteiger partial charge in [-0.15, -0.1) is 0 Å². The Labute approximate surface area is 134 Å². The van der Waals surface area contributed by atoms with Gasteiger partial charge in [0, 0.05) is 13.1 Å². The fourth-order valence-electron chi connectivity index (χ4n) is 3.08. The molecule has 126 valence electrons. The van der Waals surface area contributed by atoms with Gasteiger partial charge in [0.1, 0.15) is 0 Å². The molecule has 0 spiro atoms. The second kappa shape index (κ2) is 9.81. The highest BCUT2D eigenvalue weighted by Gasteiger charge is 2.16. The molecule has 0 bridgehead atoms. The van der Waals surface area contributed by atoms with E-state index in [9.17, 15) is 8.78 Å². The van der Waals surface area contributed by atoms with Crippen molar-refractivity contribution in [3.63, 3.8) is 0 Å². The van der Waals surface area contributed by atoms with Crippen molar-refractivity contribution in [2.24, 2.45) is 11.8 Å². The average molecular weight is 311 g/mol. The molecule has 1 nitrogen and oxygen atoms in total. The van der Waals surface area contributed by atoms with Gasteiger partial charge in [0.2, 0.25) is 0 Å². The quantitative estimate of drug-likeness (QED) is 0.509. The molecule has 0 aliphatic carbocycles. The zero-order valence-corrected chi connectivity index (χ0v) is 14.5. The van der Waals surface area contributed by atoms with Crippen molar-refractivity contribution >= 4 is 5.69 Å². The Balaban J connectivity index is 2.60. The smallest absolute Gasteiger partial charge is 0.182 e. The first-order valence-electron chi connectivity index (χ1n) is 8.72. The Kier molecular flexibility index (Phi) is 8.44. The summed E-state index contributed by atoms with van der Waals surface area (Å²) in [5.41, 5.74) is 0.384. The maximum absolute atomic E-state index is 13.9. The van der Waals surface area contributed by atoms with Crippen LogP contribution in [0.25, 0.3) is 0 Å². The lowest BCUT2D eigenvalue weighted by Crippen LogP contribution is -2.29. The normalized spacial score (nSPS) is 13.9. The fourth-order valence-corrected chi connectivity index (χ4v) is 3.08.